The van der Waals surface area contributed by atoms with E-state index in [1.54, 1.807) is 0 Å². The van der Waals surface area contributed by atoms with Crippen molar-refractivity contribution in [2.24, 2.45) is 5.92 Å². The summed E-state index contributed by atoms with van der Waals surface area (Å²) in [4.78, 5) is 0. The van der Waals surface area contributed by atoms with Crippen LogP contribution in [0.3, 0.4) is 0 Å². The number of hydrogen-bond acceptors (Lipinski definition) is 2. The molecule has 2 heteroatoms. The molecule has 0 bridgehead atoms. The van der Waals surface area contributed by atoms with Crippen molar-refractivity contribution < 1.29 is 4.74 Å². The van der Waals surface area contributed by atoms with Crippen molar-refractivity contribution in [1.82, 2.24) is 5.32 Å². The Balaban J connectivity index is 1.68. The highest BCUT2D eigenvalue weighted by Gasteiger charge is 2.43. The Morgan fingerprint density at radius 2 is 2.10 bits per heavy atom. The first-order valence-corrected chi connectivity index (χ1v) is 8.49. The van der Waals surface area contributed by atoms with Crippen LogP contribution < -0.4 is 5.32 Å². The molecular weight excluding hydrogens is 258 g/mol. The summed E-state index contributed by atoms with van der Waals surface area (Å²) in [7, 11) is 2.12. The van der Waals surface area contributed by atoms with Crippen LogP contribution in [0.4, 0.5) is 0 Å². The third-order valence-electron chi connectivity index (χ3n) is 5.76. The van der Waals surface area contributed by atoms with E-state index in [1.807, 2.05) is 0 Å². The Bertz CT molecular complexity index is 492. The van der Waals surface area contributed by atoms with Crippen LogP contribution in [0.1, 0.15) is 48.8 Å². The van der Waals surface area contributed by atoms with E-state index in [0.29, 0.717) is 6.04 Å². The van der Waals surface area contributed by atoms with Crippen molar-refractivity contribution in [3.8, 4) is 0 Å². The summed E-state index contributed by atoms with van der Waals surface area (Å²) >= 11 is 0. The number of aryl methyl sites for hydroxylation is 2. The minimum Gasteiger partial charge on any atom is -0.375 e. The van der Waals surface area contributed by atoms with Crippen molar-refractivity contribution in [1.29, 1.82) is 0 Å². The van der Waals surface area contributed by atoms with Gasteiger partial charge >= 0.3 is 0 Å². The molecule has 1 aliphatic heterocycles. The topological polar surface area (TPSA) is 21.3 Å². The molecule has 2 fully saturated rings. The maximum atomic E-state index is 6.08. The molecule has 1 spiro atoms. The third kappa shape index (κ3) is 3.17. The van der Waals surface area contributed by atoms with E-state index in [2.05, 4.69) is 44.4 Å². The molecule has 21 heavy (non-hydrogen) atoms. The van der Waals surface area contributed by atoms with Gasteiger partial charge in [0.15, 0.2) is 0 Å². The van der Waals surface area contributed by atoms with E-state index in [-0.39, 0.29) is 5.60 Å². The molecule has 1 aromatic carbocycles. The minimum absolute atomic E-state index is 0.251. The number of nitrogens with one attached hydrogen (secondary N) is 1. The SMILES string of the molecule is CNC(Cc1ccc(C)c(C)c1)C1CCOC2(CCC2)C1. The minimum atomic E-state index is 0.251. The van der Waals surface area contributed by atoms with Crippen molar-refractivity contribution in [3.63, 3.8) is 0 Å². The van der Waals surface area contributed by atoms with E-state index in [4.69, 9.17) is 4.74 Å². The highest BCUT2D eigenvalue weighted by molar-refractivity contribution is 5.30. The molecule has 1 saturated carbocycles. The molecule has 3 rings (SSSR count). The summed E-state index contributed by atoms with van der Waals surface area (Å²) in [5, 5.41) is 3.58. The lowest BCUT2D eigenvalue weighted by Gasteiger charge is -2.48. The zero-order chi connectivity index (χ0) is 14.9. The molecule has 0 aromatic heterocycles. The first-order valence-electron chi connectivity index (χ1n) is 8.49. The zero-order valence-electron chi connectivity index (χ0n) is 13.7. The van der Waals surface area contributed by atoms with Gasteiger partial charge in [-0.25, -0.2) is 0 Å². The Hall–Kier alpha value is -0.860. The second kappa shape index (κ2) is 6.10. The lowest BCUT2D eigenvalue weighted by Crippen LogP contribution is -2.50. The summed E-state index contributed by atoms with van der Waals surface area (Å²) in [6, 6.07) is 7.49. The molecule has 2 unspecified atom stereocenters. The van der Waals surface area contributed by atoms with E-state index < -0.39 is 0 Å². The van der Waals surface area contributed by atoms with Crippen LogP contribution in [-0.2, 0) is 11.2 Å². The van der Waals surface area contributed by atoms with Crippen LogP contribution in [0.15, 0.2) is 18.2 Å². The summed E-state index contributed by atoms with van der Waals surface area (Å²) < 4.78 is 6.08. The molecule has 2 nitrogen and oxygen atoms in total. The normalized spacial score (nSPS) is 25.6. The van der Waals surface area contributed by atoms with E-state index in [9.17, 15) is 0 Å². The Morgan fingerprint density at radius 3 is 2.71 bits per heavy atom. The van der Waals surface area contributed by atoms with Gasteiger partial charge in [0.25, 0.3) is 0 Å². The molecule has 1 heterocycles. The van der Waals surface area contributed by atoms with Gasteiger partial charge in [-0.3, -0.25) is 0 Å². The van der Waals surface area contributed by atoms with Crippen molar-refractivity contribution in [2.75, 3.05) is 13.7 Å². The molecule has 0 radical (unpaired) electrons. The smallest absolute Gasteiger partial charge is 0.0685 e. The molecule has 1 N–H and O–H groups in total. The first-order chi connectivity index (χ1) is 10.1. The van der Waals surface area contributed by atoms with Crippen LogP contribution in [0.25, 0.3) is 0 Å². The van der Waals surface area contributed by atoms with Crippen molar-refractivity contribution >= 4 is 0 Å². The van der Waals surface area contributed by atoms with E-state index >= 15 is 0 Å². The van der Waals surface area contributed by atoms with Gasteiger partial charge in [0.1, 0.15) is 0 Å². The second-order valence-corrected chi connectivity index (χ2v) is 7.16. The average molecular weight is 287 g/mol. The maximum Gasteiger partial charge on any atom is 0.0685 e. The van der Waals surface area contributed by atoms with Gasteiger partial charge in [-0.05, 0) is 82.0 Å². The monoisotopic (exact) mass is 287 g/mol. The molecule has 2 atom stereocenters. The Kier molecular flexibility index (Phi) is 4.37. The van der Waals surface area contributed by atoms with Crippen LogP contribution in [0, 0.1) is 19.8 Å². The van der Waals surface area contributed by atoms with Gasteiger partial charge in [0, 0.05) is 12.6 Å². The summed E-state index contributed by atoms with van der Waals surface area (Å²) in [5.74, 6) is 0.755. The molecule has 2 aliphatic rings. The number of hydrogen-bond donors (Lipinski definition) is 1. The van der Waals surface area contributed by atoms with Gasteiger partial charge in [0.2, 0.25) is 0 Å². The largest absolute Gasteiger partial charge is 0.375 e. The van der Waals surface area contributed by atoms with Crippen LogP contribution >= 0.6 is 0 Å². The summed E-state index contributed by atoms with van der Waals surface area (Å²) in [6.07, 6.45) is 7.51. The van der Waals surface area contributed by atoms with Gasteiger partial charge in [-0.2, -0.15) is 0 Å². The highest BCUT2D eigenvalue weighted by atomic mass is 16.5. The quantitative estimate of drug-likeness (QED) is 0.910. The Labute approximate surface area is 129 Å². The standard InChI is InChI=1S/C19H29NO/c1-14-5-6-16(11-15(14)2)12-18(20-3)17-7-10-21-19(13-17)8-4-9-19/h5-6,11,17-18,20H,4,7-10,12-13H2,1-3H3. The first kappa shape index (κ1) is 15.1. The molecule has 116 valence electrons. The number of ether oxygens (including phenoxy) is 1. The van der Waals surface area contributed by atoms with Crippen molar-refractivity contribution in [3.05, 3.63) is 34.9 Å². The summed E-state index contributed by atoms with van der Waals surface area (Å²) in [5.41, 5.74) is 4.51. The molecule has 1 aliphatic carbocycles. The highest BCUT2D eigenvalue weighted by Crippen LogP contribution is 2.45. The van der Waals surface area contributed by atoms with Gasteiger partial charge < -0.3 is 10.1 Å². The van der Waals surface area contributed by atoms with Gasteiger partial charge in [-0.15, -0.1) is 0 Å². The van der Waals surface area contributed by atoms with E-state index in [0.717, 1.165) is 18.9 Å². The molecule has 0 amide bonds. The summed E-state index contributed by atoms with van der Waals surface area (Å²) in [6.45, 7) is 5.36. The Morgan fingerprint density at radius 1 is 1.29 bits per heavy atom. The van der Waals surface area contributed by atoms with Crippen LogP contribution in [-0.4, -0.2) is 25.3 Å². The predicted molar refractivity (Wildman–Crippen MR) is 87.7 cm³/mol. The average Bonchev–Trinajstić information content (AvgIpc) is 2.47. The number of benzene rings is 1. The van der Waals surface area contributed by atoms with Crippen LogP contribution in [0.2, 0.25) is 0 Å². The lowest BCUT2D eigenvalue weighted by atomic mass is 9.70. The fourth-order valence-corrected chi connectivity index (χ4v) is 4.02. The second-order valence-electron chi connectivity index (χ2n) is 7.16. The molecular formula is C19H29NO. The zero-order valence-corrected chi connectivity index (χ0v) is 13.7. The fraction of sp³-hybridized carbons (Fsp3) is 0.684. The van der Waals surface area contributed by atoms with E-state index in [1.165, 1.54) is 48.8 Å². The lowest BCUT2D eigenvalue weighted by molar-refractivity contribution is -0.146. The third-order valence-corrected chi connectivity index (χ3v) is 5.76. The van der Waals surface area contributed by atoms with Gasteiger partial charge in [-0.1, -0.05) is 18.2 Å². The molecule has 1 aromatic rings. The maximum absolute atomic E-state index is 6.08. The fourth-order valence-electron chi connectivity index (χ4n) is 4.02. The van der Waals surface area contributed by atoms with Crippen molar-refractivity contribution in [2.45, 2.75) is 64.0 Å². The predicted octanol–water partition coefficient (Wildman–Crippen LogP) is 3.78. The molecule has 1 saturated heterocycles. The van der Waals surface area contributed by atoms with Crippen LogP contribution in [0.5, 0.6) is 0 Å². The number of rotatable bonds is 4. The van der Waals surface area contributed by atoms with Gasteiger partial charge in [0.05, 0.1) is 5.60 Å². The number of likely N-dealkylation sites (N-methyl/N-ethyl adjacent to an activating group) is 1.